The Hall–Kier alpha value is -1.79. The van der Waals surface area contributed by atoms with E-state index in [4.69, 9.17) is 5.26 Å². The van der Waals surface area contributed by atoms with E-state index < -0.39 is 0 Å². The molecule has 0 spiro atoms. The van der Waals surface area contributed by atoms with Crippen LogP contribution in [0.4, 0.5) is 0 Å². The maximum Gasteiger partial charge on any atom is 0.0991 e. The Morgan fingerprint density at radius 1 is 1.28 bits per heavy atom. The zero-order chi connectivity index (χ0) is 13.1. The molecule has 1 aliphatic rings. The second kappa shape index (κ2) is 5.24. The van der Waals surface area contributed by atoms with Gasteiger partial charge in [-0.25, -0.2) is 0 Å². The van der Waals surface area contributed by atoms with Gasteiger partial charge in [-0.1, -0.05) is 18.7 Å². The molecule has 1 heterocycles. The van der Waals surface area contributed by atoms with E-state index in [9.17, 15) is 0 Å². The number of rotatable bonds is 2. The Balaban J connectivity index is 2.42. The average molecular weight is 301 g/mol. The fraction of sp³-hybridized carbons (Fsp3) is 0.133. The number of benzene rings is 1. The van der Waals surface area contributed by atoms with Gasteiger partial charge in [-0.15, -0.1) is 0 Å². The number of allylic oxidation sites excluding steroid dienone is 3. The summed E-state index contributed by atoms with van der Waals surface area (Å²) in [5, 5.41) is 8.81. The molecule has 18 heavy (non-hydrogen) atoms. The first-order valence-electron chi connectivity index (χ1n) is 5.72. The number of likely N-dealkylation sites (N-methyl/N-ethyl adjacent to an activating group) is 1. The quantitative estimate of drug-likeness (QED) is 0.824. The molecule has 0 aromatic heterocycles. The van der Waals surface area contributed by atoms with Crippen molar-refractivity contribution in [2.45, 2.75) is 6.92 Å². The van der Waals surface area contributed by atoms with Gasteiger partial charge in [0.15, 0.2) is 0 Å². The van der Waals surface area contributed by atoms with Crippen molar-refractivity contribution in [2.24, 2.45) is 0 Å². The summed E-state index contributed by atoms with van der Waals surface area (Å²) in [6.07, 6.45) is 4.06. The van der Waals surface area contributed by atoms with E-state index in [1.54, 1.807) is 0 Å². The molecule has 3 heteroatoms. The summed E-state index contributed by atoms with van der Waals surface area (Å²) in [4.78, 5) is 2.14. The Morgan fingerprint density at radius 3 is 2.50 bits per heavy atom. The second-order valence-corrected chi connectivity index (χ2v) is 4.80. The Labute approximate surface area is 116 Å². The minimum absolute atomic E-state index is 0.675. The standard InChI is InChI=1S/C15H13BrN2/c1-3-18-11(2)14(16)8-9-15(18)13-6-4-12(10-17)5-7-13/h4-9H,2-3H2,1H3. The molecule has 90 valence electrons. The van der Waals surface area contributed by atoms with Crippen molar-refractivity contribution < 1.29 is 0 Å². The van der Waals surface area contributed by atoms with Gasteiger partial charge in [-0.2, -0.15) is 5.26 Å². The third kappa shape index (κ3) is 2.25. The van der Waals surface area contributed by atoms with Crippen LogP contribution in [0.2, 0.25) is 0 Å². The van der Waals surface area contributed by atoms with Crippen LogP contribution in [0.5, 0.6) is 0 Å². The van der Waals surface area contributed by atoms with Crippen LogP contribution in [0.15, 0.2) is 53.2 Å². The van der Waals surface area contributed by atoms with Gasteiger partial charge >= 0.3 is 0 Å². The van der Waals surface area contributed by atoms with E-state index in [1.807, 2.05) is 30.3 Å². The lowest BCUT2D eigenvalue weighted by Gasteiger charge is -2.30. The molecule has 0 saturated heterocycles. The van der Waals surface area contributed by atoms with Gasteiger partial charge in [0.1, 0.15) is 0 Å². The fourth-order valence-electron chi connectivity index (χ4n) is 1.94. The number of hydrogen-bond acceptors (Lipinski definition) is 2. The molecule has 2 nitrogen and oxygen atoms in total. The largest absolute Gasteiger partial charge is 0.341 e. The molecule has 2 rings (SSSR count). The smallest absolute Gasteiger partial charge is 0.0991 e. The Bertz CT molecular complexity index is 574. The lowest BCUT2D eigenvalue weighted by atomic mass is 10.1. The second-order valence-electron chi connectivity index (χ2n) is 3.95. The molecular formula is C15H13BrN2. The van der Waals surface area contributed by atoms with Gasteiger partial charge in [0.2, 0.25) is 0 Å². The maximum atomic E-state index is 8.81. The fourth-order valence-corrected chi connectivity index (χ4v) is 2.29. The number of hydrogen-bond donors (Lipinski definition) is 0. The number of nitrogens with zero attached hydrogens (tertiary/aromatic N) is 2. The topological polar surface area (TPSA) is 27.0 Å². The highest BCUT2D eigenvalue weighted by Crippen LogP contribution is 2.32. The van der Waals surface area contributed by atoms with Crippen LogP contribution in [-0.4, -0.2) is 11.4 Å². The zero-order valence-electron chi connectivity index (χ0n) is 10.2. The maximum absolute atomic E-state index is 8.81. The van der Waals surface area contributed by atoms with Crippen molar-refractivity contribution in [2.75, 3.05) is 6.54 Å². The predicted octanol–water partition coefficient (Wildman–Crippen LogP) is 4.03. The molecule has 0 fully saturated rings. The first kappa shape index (κ1) is 12.7. The number of halogens is 1. The number of nitriles is 1. The molecule has 0 atom stereocenters. The van der Waals surface area contributed by atoms with Crippen LogP contribution < -0.4 is 0 Å². The molecule has 0 N–H and O–H groups in total. The normalized spacial score (nSPS) is 14.9. The van der Waals surface area contributed by atoms with Crippen LogP contribution in [-0.2, 0) is 0 Å². The molecule has 0 bridgehead atoms. The molecular weight excluding hydrogens is 288 g/mol. The summed E-state index contributed by atoms with van der Waals surface area (Å²) in [6, 6.07) is 9.73. The van der Waals surface area contributed by atoms with Crippen molar-refractivity contribution in [1.82, 2.24) is 4.90 Å². The van der Waals surface area contributed by atoms with Crippen molar-refractivity contribution in [3.8, 4) is 6.07 Å². The van der Waals surface area contributed by atoms with Crippen molar-refractivity contribution in [1.29, 1.82) is 5.26 Å². The SMILES string of the molecule is C=C1C(Br)=CC=C(c2ccc(C#N)cc2)N1CC. The molecule has 1 aliphatic heterocycles. The van der Waals surface area contributed by atoms with Gasteiger partial charge in [0.25, 0.3) is 0 Å². The van der Waals surface area contributed by atoms with Crippen LogP contribution in [0, 0.1) is 11.3 Å². The van der Waals surface area contributed by atoms with Gasteiger partial charge in [0.05, 0.1) is 11.6 Å². The Morgan fingerprint density at radius 2 is 1.94 bits per heavy atom. The van der Waals surface area contributed by atoms with E-state index in [-0.39, 0.29) is 0 Å². The highest BCUT2D eigenvalue weighted by Gasteiger charge is 2.17. The van der Waals surface area contributed by atoms with Crippen LogP contribution >= 0.6 is 15.9 Å². The van der Waals surface area contributed by atoms with E-state index in [1.165, 1.54) is 0 Å². The molecule has 0 amide bonds. The van der Waals surface area contributed by atoms with Gasteiger partial charge in [-0.3, -0.25) is 0 Å². The molecule has 1 aromatic rings. The van der Waals surface area contributed by atoms with E-state index in [0.717, 1.165) is 28.0 Å². The molecule has 0 aliphatic carbocycles. The van der Waals surface area contributed by atoms with E-state index in [2.05, 4.69) is 46.5 Å². The van der Waals surface area contributed by atoms with Crippen molar-refractivity contribution in [3.05, 3.63) is 64.3 Å². The highest BCUT2D eigenvalue weighted by molar-refractivity contribution is 9.12. The predicted molar refractivity (Wildman–Crippen MR) is 77.7 cm³/mol. The molecule has 0 saturated carbocycles. The monoisotopic (exact) mass is 300 g/mol. The van der Waals surface area contributed by atoms with Crippen LogP contribution in [0.1, 0.15) is 18.1 Å². The summed E-state index contributed by atoms with van der Waals surface area (Å²) in [7, 11) is 0. The van der Waals surface area contributed by atoms with E-state index in [0.29, 0.717) is 5.56 Å². The summed E-state index contributed by atoms with van der Waals surface area (Å²) < 4.78 is 1.00. The summed E-state index contributed by atoms with van der Waals surface area (Å²) in [5.74, 6) is 0. The van der Waals surface area contributed by atoms with Crippen LogP contribution in [0.3, 0.4) is 0 Å². The minimum Gasteiger partial charge on any atom is -0.341 e. The molecule has 0 unspecified atom stereocenters. The minimum atomic E-state index is 0.675. The van der Waals surface area contributed by atoms with Gasteiger partial charge < -0.3 is 4.90 Å². The average Bonchev–Trinajstić information content (AvgIpc) is 2.42. The van der Waals surface area contributed by atoms with Crippen molar-refractivity contribution >= 4 is 21.6 Å². The third-order valence-corrected chi connectivity index (χ3v) is 3.63. The van der Waals surface area contributed by atoms with Gasteiger partial charge in [0, 0.05) is 22.4 Å². The molecule has 0 radical (unpaired) electrons. The molecule has 1 aromatic carbocycles. The summed E-state index contributed by atoms with van der Waals surface area (Å²) in [6.45, 7) is 7.02. The highest BCUT2D eigenvalue weighted by atomic mass is 79.9. The first-order chi connectivity index (χ1) is 8.67. The lowest BCUT2D eigenvalue weighted by molar-refractivity contribution is 0.529. The lowest BCUT2D eigenvalue weighted by Crippen LogP contribution is -2.22. The zero-order valence-corrected chi connectivity index (χ0v) is 11.7. The first-order valence-corrected chi connectivity index (χ1v) is 6.51. The summed E-state index contributed by atoms with van der Waals surface area (Å²) in [5.41, 5.74) is 3.83. The van der Waals surface area contributed by atoms with Crippen LogP contribution in [0.25, 0.3) is 5.70 Å². The van der Waals surface area contributed by atoms with Gasteiger partial charge in [-0.05, 0) is 52.7 Å². The van der Waals surface area contributed by atoms with E-state index >= 15 is 0 Å². The Kier molecular flexibility index (Phi) is 3.69. The summed E-state index contributed by atoms with van der Waals surface area (Å²) >= 11 is 3.49. The third-order valence-electron chi connectivity index (χ3n) is 2.91. The van der Waals surface area contributed by atoms with Crippen molar-refractivity contribution in [3.63, 3.8) is 0 Å².